The van der Waals surface area contributed by atoms with Gasteiger partial charge < -0.3 is 25.2 Å². The lowest BCUT2D eigenvalue weighted by Gasteiger charge is -2.15. The summed E-state index contributed by atoms with van der Waals surface area (Å²) in [6.07, 6.45) is 2.46. The number of ether oxygens (including phenoxy) is 2. The van der Waals surface area contributed by atoms with Crippen LogP contribution in [0.4, 0.5) is 0 Å². The second-order valence-electron chi connectivity index (χ2n) is 4.94. The molecular formula is C15H24IN3O3. The second-order valence-corrected chi connectivity index (χ2v) is 4.94. The number of rotatable bonds is 5. The quantitative estimate of drug-likeness (QED) is 0.385. The SMILES string of the molecule is CN=C(NCc1cc(OC)ccc1O)NCC1CCCO1.I. The van der Waals surface area contributed by atoms with E-state index in [1.807, 2.05) is 0 Å². The predicted octanol–water partition coefficient (Wildman–Crippen LogP) is 1.86. The molecule has 124 valence electrons. The van der Waals surface area contributed by atoms with Crippen molar-refractivity contribution in [1.29, 1.82) is 0 Å². The van der Waals surface area contributed by atoms with Gasteiger partial charge in [-0.25, -0.2) is 0 Å². The van der Waals surface area contributed by atoms with E-state index in [-0.39, 0.29) is 35.8 Å². The van der Waals surface area contributed by atoms with E-state index >= 15 is 0 Å². The van der Waals surface area contributed by atoms with Gasteiger partial charge in [0.1, 0.15) is 11.5 Å². The van der Waals surface area contributed by atoms with Gasteiger partial charge in [-0.05, 0) is 31.0 Å². The lowest BCUT2D eigenvalue weighted by Crippen LogP contribution is -2.40. The fourth-order valence-electron chi connectivity index (χ4n) is 2.25. The Hall–Kier alpha value is -1.22. The minimum Gasteiger partial charge on any atom is -0.508 e. The summed E-state index contributed by atoms with van der Waals surface area (Å²) in [7, 11) is 3.32. The smallest absolute Gasteiger partial charge is 0.191 e. The summed E-state index contributed by atoms with van der Waals surface area (Å²) in [4.78, 5) is 4.16. The Labute approximate surface area is 148 Å². The molecule has 1 atom stereocenters. The van der Waals surface area contributed by atoms with Crippen molar-refractivity contribution in [1.82, 2.24) is 10.6 Å². The number of phenols is 1. The molecule has 3 N–H and O–H groups in total. The lowest BCUT2D eigenvalue weighted by molar-refractivity contribution is 0.114. The molecule has 1 aromatic rings. The van der Waals surface area contributed by atoms with Crippen LogP contribution in [0.1, 0.15) is 18.4 Å². The van der Waals surface area contributed by atoms with Crippen LogP contribution in [0.2, 0.25) is 0 Å². The number of methoxy groups -OCH3 is 1. The van der Waals surface area contributed by atoms with Crippen LogP contribution in [-0.4, -0.2) is 44.5 Å². The van der Waals surface area contributed by atoms with Crippen molar-refractivity contribution in [2.45, 2.75) is 25.5 Å². The molecule has 0 saturated carbocycles. The third-order valence-corrected chi connectivity index (χ3v) is 3.48. The molecule has 0 aliphatic carbocycles. The van der Waals surface area contributed by atoms with Gasteiger partial charge in [0, 0.05) is 32.3 Å². The molecule has 1 saturated heterocycles. The largest absolute Gasteiger partial charge is 0.508 e. The Bertz CT molecular complexity index is 491. The monoisotopic (exact) mass is 421 g/mol. The number of nitrogens with one attached hydrogen (secondary N) is 2. The van der Waals surface area contributed by atoms with Crippen LogP contribution in [-0.2, 0) is 11.3 Å². The van der Waals surface area contributed by atoms with Crippen LogP contribution in [0, 0.1) is 0 Å². The summed E-state index contributed by atoms with van der Waals surface area (Å²) >= 11 is 0. The first kappa shape index (κ1) is 18.8. The van der Waals surface area contributed by atoms with Gasteiger partial charge in [0.05, 0.1) is 13.2 Å². The molecule has 0 bridgehead atoms. The maximum Gasteiger partial charge on any atom is 0.191 e. The minimum atomic E-state index is 0. The third-order valence-electron chi connectivity index (χ3n) is 3.48. The molecule has 0 spiro atoms. The molecule has 0 radical (unpaired) electrons. The van der Waals surface area contributed by atoms with E-state index in [9.17, 15) is 5.11 Å². The van der Waals surface area contributed by atoms with Gasteiger partial charge >= 0.3 is 0 Å². The minimum absolute atomic E-state index is 0. The summed E-state index contributed by atoms with van der Waals surface area (Å²) in [5.74, 6) is 1.64. The molecule has 2 rings (SSSR count). The van der Waals surface area contributed by atoms with Gasteiger partial charge in [0.2, 0.25) is 0 Å². The van der Waals surface area contributed by atoms with Crippen LogP contribution in [0.3, 0.4) is 0 Å². The van der Waals surface area contributed by atoms with E-state index < -0.39 is 0 Å². The Morgan fingerprint density at radius 3 is 2.91 bits per heavy atom. The molecule has 1 unspecified atom stereocenters. The zero-order chi connectivity index (χ0) is 15.1. The van der Waals surface area contributed by atoms with E-state index in [0.717, 1.165) is 31.6 Å². The number of aliphatic imine (C=N–C) groups is 1. The Kier molecular flexibility index (Phi) is 8.32. The van der Waals surface area contributed by atoms with Crippen molar-refractivity contribution in [3.05, 3.63) is 23.8 Å². The normalized spacial score (nSPS) is 17.7. The topological polar surface area (TPSA) is 75.1 Å². The van der Waals surface area contributed by atoms with Gasteiger partial charge in [-0.3, -0.25) is 4.99 Å². The zero-order valence-corrected chi connectivity index (χ0v) is 15.3. The van der Waals surface area contributed by atoms with E-state index in [2.05, 4.69) is 15.6 Å². The predicted molar refractivity (Wildman–Crippen MR) is 97.2 cm³/mol. The maximum atomic E-state index is 9.84. The number of hydrogen-bond acceptors (Lipinski definition) is 4. The van der Waals surface area contributed by atoms with E-state index in [1.54, 1.807) is 32.4 Å². The average Bonchev–Trinajstić information content (AvgIpc) is 3.02. The highest BCUT2D eigenvalue weighted by Crippen LogP contribution is 2.22. The van der Waals surface area contributed by atoms with E-state index in [4.69, 9.17) is 9.47 Å². The molecule has 1 fully saturated rings. The molecule has 1 aliphatic rings. The van der Waals surface area contributed by atoms with Gasteiger partial charge in [-0.2, -0.15) is 0 Å². The Morgan fingerprint density at radius 1 is 1.45 bits per heavy atom. The van der Waals surface area contributed by atoms with Gasteiger partial charge in [-0.1, -0.05) is 0 Å². The summed E-state index contributed by atoms with van der Waals surface area (Å²) in [6.45, 7) is 2.05. The molecule has 1 heterocycles. The summed E-state index contributed by atoms with van der Waals surface area (Å²) in [5.41, 5.74) is 0.759. The van der Waals surface area contributed by atoms with Crippen LogP contribution < -0.4 is 15.4 Å². The van der Waals surface area contributed by atoms with Gasteiger partial charge in [-0.15, -0.1) is 24.0 Å². The standard InChI is InChI=1S/C15H23N3O3.HI/c1-16-15(18-10-13-4-3-7-21-13)17-9-11-8-12(20-2)5-6-14(11)19;/h5-6,8,13,19H,3-4,7,9-10H2,1-2H3,(H2,16,17,18);1H. The number of nitrogens with zero attached hydrogens (tertiary/aromatic N) is 1. The molecule has 22 heavy (non-hydrogen) atoms. The summed E-state index contributed by atoms with van der Waals surface area (Å²) in [5, 5.41) is 16.2. The fourth-order valence-corrected chi connectivity index (χ4v) is 2.25. The Balaban J connectivity index is 0.00000242. The molecule has 7 heteroatoms. The summed E-state index contributed by atoms with van der Waals surface area (Å²) < 4.78 is 10.7. The van der Waals surface area contributed by atoms with Crippen LogP contribution in [0.25, 0.3) is 0 Å². The highest BCUT2D eigenvalue weighted by molar-refractivity contribution is 14.0. The van der Waals surface area contributed by atoms with Crippen LogP contribution in [0.5, 0.6) is 11.5 Å². The number of phenolic OH excluding ortho intramolecular Hbond substituents is 1. The van der Waals surface area contributed by atoms with E-state index in [0.29, 0.717) is 18.3 Å². The summed E-state index contributed by atoms with van der Waals surface area (Å²) in [6, 6.07) is 5.15. The van der Waals surface area contributed by atoms with Crippen molar-refractivity contribution in [2.24, 2.45) is 4.99 Å². The number of benzene rings is 1. The molecule has 1 aliphatic heterocycles. The zero-order valence-electron chi connectivity index (χ0n) is 13.0. The molecule has 0 amide bonds. The van der Waals surface area contributed by atoms with Crippen LogP contribution in [0.15, 0.2) is 23.2 Å². The number of aromatic hydroxyl groups is 1. The van der Waals surface area contributed by atoms with Crippen molar-refractivity contribution in [3.8, 4) is 11.5 Å². The van der Waals surface area contributed by atoms with Gasteiger partial charge in [0.25, 0.3) is 0 Å². The third kappa shape index (κ3) is 5.53. The first-order valence-electron chi connectivity index (χ1n) is 7.15. The van der Waals surface area contributed by atoms with Crippen molar-refractivity contribution < 1.29 is 14.6 Å². The maximum absolute atomic E-state index is 9.84. The van der Waals surface area contributed by atoms with Crippen molar-refractivity contribution in [3.63, 3.8) is 0 Å². The second kappa shape index (κ2) is 9.73. The van der Waals surface area contributed by atoms with E-state index in [1.165, 1.54) is 0 Å². The van der Waals surface area contributed by atoms with Gasteiger partial charge in [0.15, 0.2) is 5.96 Å². The van der Waals surface area contributed by atoms with Crippen molar-refractivity contribution >= 4 is 29.9 Å². The molecule has 0 aromatic heterocycles. The van der Waals surface area contributed by atoms with Crippen molar-refractivity contribution in [2.75, 3.05) is 27.3 Å². The molecule has 1 aromatic carbocycles. The lowest BCUT2D eigenvalue weighted by atomic mass is 10.2. The van der Waals surface area contributed by atoms with Crippen LogP contribution >= 0.6 is 24.0 Å². The number of guanidine groups is 1. The molecular weight excluding hydrogens is 397 g/mol. The highest BCUT2D eigenvalue weighted by Gasteiger charge is 2.15. The number of halogens is 1. The molecule has 6 nitrogen and oxygen atoms in total. The first-order valence-corrected chi connectivity index (χ1v) is 7.15. The fraction of sp³-hybridized carbons (Fsp3) is 0.533. The first-order chi connectivity index (χ1) is 10.2. The number of hydrogen-bond donors (Lipinski definition) is 3. The average molecular weight is 421 g/mol. The highest BCUT2D eigenvalue weighted by atomic mass is 127. The Morgan fingerprint density at radius 2 is 2.27 bits per heavy atom.